The van der Waals surface area contributed by atoms with E-state index in [1.54, 1.807) is 7.11 Å². The average Bonchev–Trinajstić information content (AvgIpc) is 3.12. The van der Waals surface area contributed by atoms with E-state index < -0.39 is 5.41 Å². The monoisotopic (exact) mass is 404 g/mol. The zero-order valence-electron chi connectivity index (χ0n) is 19.4. The van der Waals surface area contributed by atoms with Crippen LogP contribution in [0.4, 0.5) is 0 Å². The lowest BCUT2D eigenvalue weighted by Crippen LogP contribution is -2.63. The summed E-state index contributed by atoms with van der Waals surface area (Å²) < 4.78 is 17.8. The fraction of sp³-hybridized carbons (Fsp3) is 0.880. The maximum atomic E-state index is 14.0. The quantitative estimate of drug-likeness (QED) is 0.492. The SMILES string of the molecule is C#CC(C)[C@]1(C)C[C@@H](OCOC)[C@@]2(C)C3C(OC)CCC3(CC[C@H]2C)[C@@H](C)C1=O. The first-order valence-corrected chi connectivity index (χ1v) is 11.3. The first kappa shape index (κ1) is 22.8. The van der Waals surface area contributed by atoms with Crippen LogP contribution >= 0.6 is 0 Å². The minimum atomic E-state index is -0.603. The van der Waals surface area contributed by atoms with Gasteiger partial charge in [0.25, 0.3) is 0 Å². The summed E-state index contributed by atoms with van der Waals surface area (Å²) >= 11 is 0. The first-order chi connectivity index (χ1) is 13.6. The molecule has 4 heteroatoms. The van der Waals surface area contributed by atoms with Crippen LogP contribution in [0.2, 0.25) is 0 Å². The lowest BCUT2D eigenvalue weighted by molar-refractivity contribution is -0.221. The van der Waals surface area contributed by atoms with Crippen molar-refractivity contribution in [1.29, 1.82) is 0 Å². The Labute approximate surface area is 177 Å². The number of carbonyl (C=O) groups excluding carboxylic acids is 1. The Morgan fingerprint density at radius 2 is 1.86 bits per heavy atom. The van der Waals surface area contributed by atoms with E-state index >= 15 is 0 Å². The zero-order chi connectivity index (χ0) is 21.6. The number of rotatable bonds is 5. The summed E-state index contributed by atoms with van der Waals surface area (Å²) in [6.07, 6.45) is 10.8. The number of carbonyl (C=O) groups is 1. The van der Waals surface area contributed by atoms with Gasteiger partial charge in [-0.05, 0) is 49.4 Å². The molecule has 0 N–H and O–H groups in total. The molecule has 2 bridgehead atoms. The predicted octanol–water partition coefficient (Wildman–Crippen LogP) is 4.71. The Morgan fingerprint density at radius 1 is 1.21 bits per heavy atom. The molecular formula is C25H40O4. The van der Waals surface area contributed by atoms with E-state index in [1.807, 2.05) is 14.0 Å². The van der Waals surface area contributed by atoms with Crippen molar-refractivity contribution >= 4 is 5.78 Å². The Bertz CT molecular complexity index is 668. The summed E-state index contributed by atoms with van der Waals surface area (Å²) in [4.78, 5) is 14.0. The number of ether oxygens (including phenoxy) is 3. The molecule has 9 atom stereocenters. The molecule has 0 aromatic heterocycles. The molecule has 0 aliphatic heterocycles. The lowest BCUT2D eigenvalue weighted by Gasteiger charge is -2.62. The second kappa shape index (κ2) is 7.98. The molecule has 3 aliphatic carbocycles. The van der Waals surface area contributed by atoms with E-state index in [9.17, 15) is 4.79 Å². The molecule has 4 unspecified atom stereocenters. The molecule has 3 saturated carbocycles. The van der Waals surface area contributed by atoms with Gasteiger partial charge in [-0.1, -0.05) is 34.6 Å². The van der Waals surface area contributed by atoms with E-state index in [4.69, 9.17) is 20.6 Å². The van der Waals surface area contributed by atoms with Crippen molar-refractivity contribution < 1.29 is 19.0 Å². The van der Waals surface area contributed by atoms with Crippen LogP contribution in [-0.2, 0) is 19.0 Å². The standard InChI is InChI=1S/C25H40O4/c1-9-16(2)23(5)14-20(29-15-27-7)24(6)17(3)10-12-25(18(4)22(23)26)13-11-19(28-8)21(24)25/h1,16-21H,10-15H2,2-8H3/t16?,17-,18+,19?,20-,21?,23+,24+,25?/m1/s1. The van der Waals surface area contributed by atoms with Crippen LogP contribution in [0.25, 0.3) is 0 Å². The molecule has 0 spiro atoms. The van der Waals surface area contributed by atoms with Crippen LogP contribution < -0.4 is 0 Å². The smallest absolute Gasteiger partial charge is 0.146 e. The van der Waals surface area contributed by atoms with Crippen molar-refractivity contribution in [2.24, 2.45) is 39.9 Å². The fourth-order valence-corrected chi connectivity index (χ4v) is 7.40. The second-order valence-corrected chi connectivity index (χ2v) is 10.5. The van der Waals surface area contributed by atoms with Gasteiger partial charge in [-0.3, -0.25) is 4.79 Å². The minimum absolute atomic E-state index is 0.0244. The Morgan fingerprint density at radius 3 is 2.45 bits per heavy atom. The Balaban J connectivity index is 2.22. The number of terminal acetylenes is 1. The molecule has 0 amide bonds. The van der Waals surface area contributed by atoms with Crippen LogP contribution in [0.3, 0.4) is 0 Å². The van der Waals surface area contributed by atoms with Crippen molar-refractivity contribution in [1.82, 2.24) is 0 Å². The van der Waals surface area contributed by atoms with Gasteiger partial charge in [-0.2, -0.15) is 0 Å². The van der Waals surface area contributed by atoms with Gasteiger partial charge in [0.2, 0.25) is 0 Å². The topological polar surface area (TPSA) is 44.8 Å². The highest BCUT2D eigenvalue weighted by Gasteiger charge is 2.68. The molecule has 0 aromatic rings. The average molecular weight is 405 g/mol. The summed E-state index contributed by atoms with van der Waals surface area (Å²) in [6, 6.07) is 0. The van der Waals surface area contributed by atoms with E-state index in [-0.39, 0.29) is 41.7 Å². The molecule has 3 rings (SSSR count). The van der Waals surface area contributed by atoms with Crippen molar-refractivity contribution in [3.05, 3.63) is 0 Å². The third-order valence-corrected chi connectivity index (χ3v) is 9.68. The molecule has 4 nitrogen and oxygen atoms in total. The maximum absolute atomic E-state index is 14.0. The van der Waals surface area contributed by atoms with E-state index in [0.717, 1.165) is 25.7 Å². The largest absolute Gasteiger partial charge is 0.381 e. The van der Waals surface area contributed by atoms with Gasteiger partial charge in [0, 0.05) is 36.9 Å². The van der Waals surface area contributed by atoms with Crippen molar-refractivity contribution in [3.8, 4) is 12.3 Å². The third-order valence-electron chi connectivity index (χ3n) is 9.68. The van der Waals surface area contributed by atoms with Gasteiger partial charge >= 0.3 is 0 Å². The predicted molar refractivity (Wildman–Crippen MR) is 114 cm³/mol. The molecule has 0 aromatic carbocycles. The van der Waals surface area contributed by atoms with Crippen LogP contribution in [0.1, 0.15) is 66.7 Å². The highest BCUT2D eigenvalue weighted by molar-refractivity contribution is 5.88. The van der Waals surface area contributed by atoms with Gasteiger partial charge < -0.3 is 14.2 Å². The highest BCUT2D eigenvalue weighted by Crippen LogP contribution is 2.69. The fourth-order valence-electron chi connectivity index (χ4n) is 7.40. The summed E-state index contributed by atoms with van der Waals surface area (Å²) in [7, 11) is 3.48. The summed E-state index contributed by atoms with van der Waals surface area (Å²) in [5, 5.41) is 0. The van der Waals surface area contributed by atoms with Gasteiger partial charge in [0.05, 0.1) is 12.2 Å². The number of methoxy groups -OCH3 is 2. The zero-order valence-corrected chi connectivity index (χ0v) is 19.4. The van der Waals surface area contributed by atoms with E-state index in [1.165, 1.54) is 0 Å². The summed E-state index contributed by atoms with van der Waals surface area (Å²) in [5.41, 5.74) is -0.740. The van der Waals surface area contributed by atoms with Crippen molar-refractivity contribution in [2.45, 2.75) is 78.9 Å². The Kier molecular flexibility index (Phi) is 6.27. The molecule has 3 aliphatic rings. The van der Waals surface area contributed by atoms with Crippen molar-refractivity contribution in [3.63, 3.8) is 0 Å². The normalized spacial score (nSPS) is 48.3. The first-order valence-electron chi connectivity index (χ1n) is 11.3. The summed E-state index contributed by atoms with van der Waals surface area (Å²) in [5.74, 6) is 3.81. The van der Waals surface area contributed by atoms with Crippen molar-refractivity contribution in [2.75, 3.05) is 21.0 Å². The molecule has 3 fully saturated rings. The number of hydrogen-bond donors (Lipinski definition) is 0. The second-order valence-electron chi connectivity index (χ2n) is 10.5. The molecule has 0 heterocycles. The number of ketones is 1. The van der Waals surface area contributed by atoms with Gasteiger partial charge in [-0.25, -0.2) is 0 Å². The number of hydrogen-bond acceptors (Lipinski definition) is 4. The van der Waals surface area contributed by atoms with Gasteiger partial charge in [0.15, 0.2) is 0 Å². The highest BCUT2D eigenvalue weighted by atomic mass is 16.7. The van der Waals surface area contributed by atoms with Crippen LogP contribution in [-0.4, -0.2) is 39.0 Å². The van der Waals surface area contributed by atoms with E-state index in [0.29, 0.717) is 24.0 Å². The molecule has 164 valence electrons. The summed E-state index contributed by atoms with van der Waals surface area (Å²) in [6.45, 7) is 11.2. The molecule has 29 heavy (non-hydrogen) atoms. The van der Waals surface area contributed by atoms with Crippen LogP contribution in [0.15, 0.2) is 0 Å². The molecule has 0 radical (unpaired) electrons. The van der Waals surface area contributed by atoms with Gasteiger partial charge in [0.1, 0.15) is 12.6 Å². The van der Waals surface area contributed by atoms with E-state index in [2.05, 4.69) is 33.6 Å². The maximum Gasteiger partial charge on any atom is 0.146 e. The van der Waals surface area contributed by atoms with Gasteiger partial charge in [-0.15, -0.1) is 12.3 Å². The lowest BCUT2D eigenvalue weighted by atomic mass is 9.43. The minimum Gasteiger partial charge on any atom is -0.381 e. The van der Waals surface area contributed by atoms with Crippen LogP contribution in [0.5, 0.6) is 0 Å². The Hall–Kier alpha value is -0.890. The number of Topliss-reactive ketones (excluding diaryl/α,β-unsaturated/α-hetero) is 1. The molecular weight excluding hydrogens is 364 g/mol. The molecule has 0 saturated heterocycles. The van der Waals surface area contributed by atoms with Crippen LogP contribution in [0, 0.1) is 52.3 Å². The third kappa shape index (κ3) is 3.11.